The van der Waals surface area contributed by atoms with Crippen molar-refractivity contribution in [3.8, 4) is 5.75 Å². The second-order valence-corrected chi connectivity index (χ2v) is 10.4. The SMILES string of the molecule is COc1c(N2CCCCC2=O)cccc1S(=O)(=O)N[C@@H](C(N)=O)C(=O)N1CCN(C(C)C)CC1. The van der Waals surface area contributed by atoms with Gasteiger partial charge in [0.15, 0.2) is 11.8 Å². The van der Waals surface area contributed by atoms with Gasteiger partial charge in [0.05, 0.1) is 12.8 Å². The average molecular weight is 496 g/mol. The van der Waals surface area contributed by atoms with Crippen LogP contribution in [0.15, 0.2) is 23.1 Å². The molecule has 188 valence electrons. The number of carbonyl (C=O) groups excluding carboxylic acids is 3. The van der Waals surface area contributed by atoms with Crippen molar-refractivity contribution in [1.29, 1.82) is 0 Å². The molecule has 11 nitrogen and oxygen atoms in total. The number of ether oxygens (including phenoxy) is 1. The summed E-state index contributed by atoms with van der Waals surface area (Å²) in [5.41, 5.74) is 5.75. The first-order valence-corrected chi connectivity index (χ1v) is 12.9. The number of nitrogens with zero attached hydrogens (tertiary/aromatic N) is 3. The summed E-state index contributed by atoms with van der Waals surface area (Å²) in [5.74, 6) is -1.95. The molecule has 2 heterocycles. The number of anilines is 1. The third kappa shape index (κ3) is 5.50. The Morgan fingerprint density at radius 3 is 2.32 bits per heavy atom. The molecule has 0 unspecified atom stereocenters. The van der Waals surface area contributed by atoms with Crippen LogP contribution in [0.2, 0.25) is 0 Å². The van der Waals surface area contributed by atoms with Crippen LogP contribution in [-0.4, -0.2) is 87.9 Å². The predicted molar refractivity (Wildman–Crippen MR) is 126 cm³/mol. The van der Waals surface area contributed by atoms with E-state index in [0.29, 0.717) is 50.9 Å². The molecular formula is C22H33N5O6S. The minimum absolute atomic E-state index is 0.0357. The normalized spacial score (nSPS) is 18.8. The second-order valence-electron chi connectivity index (χ2n) is 8.72. The fourth-order valence-electron chi connectivity index (χ4n) is 4.28. The maximum atomic E-state index is 13.3. The molecule has 1 aromatic rings. The fraction of sp³-hybridized carbons (Fsp3) is 0.591. The number of nitrogens with two attached hydrogens (primary N) is 1. The number of hydrogen-bond donors (Lipinski definition) is 2. The number of sulfonamides is 1. The summed E-state index contributed by atoms with van der Waals surface area (Å²) in [4.78, 5) is 42.4. The summed E-state index contributed by atoms with van der Waals surface area (Å²) in [6, 6.07) is 2.94. The topological polar surface area (TPSA) is 142 Å². The van der Waals surface area contributed by atoms with E-state index in [0.717, 1.165) is 12.8 Å². The summed E-state index contributed by atoms with van der Waals surface area (Å²) in [6.45, 7) is 6.49. The van der Waals surface area contributed by atoms with Crippen LogP contribution in [0.4, 0.5) is 5.69 Å². The van der Waals surface area contributed by atoms with E-state index in [9.17, 15) is 22.8 Å². The van der Waals surface area contributed by atoms with Gasteiger partial charge < -0.3 is 20.3 Å². The van der Waals surface area contributed by atoms with Gasteiger partial charge in [0.1, 0.15) is 4.90 Å². The van der Waals surface area contributed by atoms with Gasteiger partial charge in [-0.15, -0.1) is 0 Å². The third-order valence-electron chi connectivity index (χ3n) is 6.23. The molecule has 3 rings (SSSR count). The second kappa shape index (κ2) is 10.7. The number of para-hydroxylation sites is 1. The largest absolute Gasteiger partial charge is 0.493 e. The van der Waals surface area contributed by atoms with Crippen molar-refractivity contribution in [1.82, 2.24) is 14.5 Å². The van der Waals surface area contributed by atoms with Crippen molar-refractivity contribution in [3.63, 3.8) is 0 Å². The molecule has 2 aliphatic rings. The summed E-state index contributed by atoms with van der Waals surface area (Å²) in [5, 5.41) is 0. The molecule has 12 heteroatoms. The molecule has 3 N–H and O–H groups in total. The molecule has 3 amide bonds. The van der Waals surface area contributed by atoms with Gasteiger partial charge >= 0.3 is 0 Å². The zero-order chi connectivity index (χ0) is 25.0. The Morgan fingerprint density at radius 2 is 1.76 bits per heavy atom. The maximum Gasteiger partial charge on any atom is 0.250 e. The van der Waals surface area contributed by atoms with Crippen molar-refractivity contribution >= 4 is 33.4 Å². The molecule has 0 spiro atoms. The highest BCUT2D eigenvalue weighted by atomic mass is 32.2. The minimum atomic E-state index is -4.41. The molecule has 0 aliphatic carbocycles. The Balaban J connectivity index is 1.86. The standard InChI is InChI=1S/C22H33N5O6S/c1-15(2)25-11-13-26(14-12-25)22(30)19(21(23)29)24-34(31,32)17-8-6-7-16(20(17)33-3)27-10-5-4-9-18(27)28/h6-8,15,19,24H,4-5,9-14H2,1-3H3,(H2,23,29)/t19-/m0/s1. The molecule has 0 aromatic heterocycles. The number of hydrogen-bond acceptors (Lipinski definition) is 7. The molecular weight excluding hydrogens is 462 g/mol. The number of methoxy groups -OCH3 is 1. The number of rotatable bonds is 8. The van der Waals surface area contributed by atoms with E-state index >= 15 is 0 Å². The van der Waals surface area contributed by atoms with E-state index in [1.54, 1.807) is 6.07 Å². The predicted octanol–water partition coefficient (Wildman–Crippen LogP) is -0.103. The summed E-state index contributed by atoms with van der Waals surface area (Å²) >= 11 is 0. The van der Waals surface area contributed by atoms with Crippen LogP contribution in [0.25, 0.3) is 0 Å². The lowest BCUT2D eigenvalue weighted by molar-refractivity contribution is -0.139. The summed E-state index contributed by atoms with van der Waals surface area (Å²) in [7, 11) is -3.10. The molecule has 0 saturated carbocycles. The first kappa shape index (κ1) is 25.9. The van der Waals surface area contributed by atoms with Gasteiger partial charge in [-0.05, 0) is 38.8 Å². The lowest BCUT2D eigenvalue weighted by Crippen LogP contribution is -2.59. The maximum absolute atomic E-state index is 13.3. The van der Waals surface area contributed by atoms with Crippen molar-refractivity contribution in [2.24, 2.45) is 5.73 Å². The summed E-state index contributed by atoms with van der Waals surface area (Å²) < 4.78 is 34.1. The first-order valence-electron chi connectivity index (χ1n) is 11.4. The van der Waals surface area contributed by atoms with Crippen LogP contribution in [0.1, 0.15) is 33.1 Å². The van der Waals surface area contributed by atoms with E-state index in [1.807, 2.05) is 0 Å². The van der Waals surface area contributed by atoms with Crippen molar-refractivity contribution in [2.45, 2.75) is 50.1 Å². The Hall–Kier alpha value is -2.70. The van der Waals surface area contributed by atoms with Crippen molar-refractivity contribution in [2.75, 3.05) is 44.7 Å². The Bertz CT molecular complexity index is 1040. The molecule has 0 bridgehead atoms. The highest BCUT2D eigenvalue weighted by Gasteiger charge is 2.37. The molecule has 1 atom stereocenters. The number of primary amides is 1. The van der Waals surface area contributed by atoms with E-state index in [-0.39, 0.29) is 16.6 Å². The van der Waals surface area contributed by atoms with Crippen LogP contribution in [0.3, 0.4) is 0 Å². The van der Waals surface area contributed by atoms with Gasteiger partial charge in [-0.25, -0.2) is 8.42 Å². The number of piperazine rings is 1. The monoisotopic (exact) mass is 495 g/mol. The summed E-state index contributed by atoms with van der Waals surface area (Å²) in [6.07, 6.45) is 1.91. The third-order valence-corrected chi connectivity index (χ3v) is 7.67. The number of nitrogens with one attached hydrogen (secondary N) is 1. The minimum Gasteiger partial charge on any atom is -0.493 e. The van der Waals surface area contributed by atoms with E-state index in [2.05, 4.69) is 23.5 Å². The lowest BCUT2D eigenvalue weighted by atomic mass is 10.1. The Morgan fingerprint density at radius 1 is 1.09 bits per heavy atom. The van der Waals surface area contributed by atoms with Gasteiger partial charge in [-0.1, -0.05) is 6.07 Å². The van der Waals surface area contributed by atoms with Crippen LogP contribution in [0, 0.1) is 0 Å². The quantitative estimate of drug-likeness (QED) is 0.480. The zero-order valence-electron chi connectivity index (χ0n) is 19.8. The molecule has 1 aromatic carbocycles. The lowest BCUT2D eigenvalue weighted by Gasteiger charge is -2.37. The molecule has 34 heavy (non-hydrogen) atoms. The number of benzene rings is 1. The number of carbonyl (C=O) groups is 3. The van der Waals surface area contributed by atoms with Gasteiger partial charge in [0.2, 0.25) is 21.8 Å². The van der Waals surface area contributed by atoms with Crippen LogP contribution in [0.5, 0.6) is 5.75 Å². The highest BCUT2D eigenvalue weighted by Crippen LogP contribution is 2.36. The van der Waals surface area contributed by atoms with Crippen LogP contribution < -0.4 is 20.1 Å². The number of amides is 3. The van der Waals surface area contributed by atoms with Gasteiger partial charge in [-0.2, -0.15) is 4.72 Å². The Kier molecular flexibility index (Phi) is 8.16. The zero-order valence-corrected chi connectivity index (χ0v) is 20.6. The van der Waals surface area contributed by atoms with Crippen LogP contribution in [-0.2, 0) is 24.4 Å². The van der Waals surface area contributed by atoms with Crippen molar-refractivity contribution in [3.05, 3.63) is 18.2 Å². The average Bonchev–Trinajstić information content (AvgIpc) is 2.81. The van der Waals surface area contributed by atoms with Crippen LogP contribution >= 0.6 is 0 Å². The fourth-order valence-corrected chi connectivity index (χ4v) is 5.63. The van der Waals surface area contributed by atoms with E-state index < -0.39 is 27.9 Å². The molecule has 2 aliphatic heterocycles. The molecule has 0 radical (unpaired) electrons. The van der Waals surface area contributed by atoms with Crippen molar-refractivity contribution < 1.29 is 27.5 Å². The van der Waals surface area contributed by atoms with Gasteiger partial charge in [0, 0.05) is 45.2 Å². The van der Waals surface area contributed by atoms with Gasteiger partial charge in [0.25, 0.3) is 5.91 Å². The number of piperidine rings is 1. The van der Waals surface area contributed by atoms with E-state index in [4.69, 9.17) is 10.5 Å². The van der Waals surface area contributed by atoms with E-state index in [1.165, 1.54) is 29.0 Å². The molecule has 2 fully saturated rings. The first-order chi connectivity index (χ1) is 16.1. The Labute approximate surface area is 200 Å². The smallest absolute Gasteiger partial charge is 0.250 e. The molecule has 2 saturated heterocycles. The highest BCUT2D eigenvalue weighted by molar-refractivity contribution is 7.89. The van der Waals surface area contributed by atoms with Gasteiger partial charge in [-0.3, -0.25) is 19.3 Å².